The SMILES string of the molecule is COC(=O)C(C)C(=O)Oc1ccc(OC)cc1. The molecule has 0 fully saturated rings. The Morgan fingerprint density at radius 2 is 1.53 bits per heavy atom. The van der Waals surface area contributed by atoms with Gasteiger partial charge in [0.25, 0.3) is 0 Å². The Morgan fingerprint density at radius 1 is 1.00 bits per heavy atom. The second-order valence-corrected chi connectivity index (χ2v) is 3.34. The van der Waals surface area contributed by atoms with Crippen LogP contribution in [0.25, 0.3) is 0 Å². The van der Waals surface area contributed by atoms with Crippen molar-refractivity contribution in [3.8, 4) is 11.5 Å². The lowest BCUT2D eigenvalue weighted by Crippen LogP contribution is -2.26. The highest BCUT2D eigenvalue weighted by Crippen LogP contribution is 2.18. The summed E-state index contributed by atoms with van der Waals surface area (Å²) in [5.74, 6) is -1.20. The molecule has 5 nitrogen and oxygen atoms in total. The number of carbonyl (C=O) groups excluding carboxylic acids is 2. The first kappa shape index (κ1) is 13.0. The van der Waals surface area contributed by atoms with Gasteiger partial charge in [0.1, 0.15) is 11.5 Å². The zero-order chi connectivity index (χ0) is 12.8. The number of rotatable bonds is 4. The molecule has 0 aliphatic heterocycles. The van der Waals surface area contributed by atoms with Crippen LogP contribution in [-0.2, 0) is 14.3 Å². The molecule has 5 heteroatoms. The minimum Gasteiger partial charge on any atom is -0.497 e. The Hall–Kier alpha value is -2.04. The van der Waals surface area contributed by atoms with Gasteiger partial charge in [0, 0.05) is 0 Å². The van der Waals surface area contributed by atoms with E-state index in [0.29, 0.717) is 11.5 Å². The van der Waals surface area contributed by atoms with Crippen molar-refractivity contribution in [1.29, 1.82) is 0 Å². The fourth-order valence-electron chi connectivity index (χ4n) is 1.12. The third-order valence-corrected chi connectivity index (χ3v) is 2.19. The van der Waals surface area contributed by atoms with E-state index in [0.717, 1.165) is 0 Å². The molecule has 0 N–H and O–H groups in total. The van der Waals surface area contributed by atoms with E-state index in [-0.39, 0.29) is 0 Å². The molecule has 1 unspecified atom stereocenters. The van der Waals surface area contributed by atoms with Gasteiger partial charge < -0.3 is 14.2 Å². The standard InChI is InChI=1S/C12H14O5/c1-8(11(13)16-3)12(14)17-10-6-4-9(15-2)5-7-10/h4-8H,1-3H3. The van der Waals surface area contributed by atoms with Gasteiger partial charge in [0.2, 0.25) is 0 Å². The maximum Gasteiger partial charge on any atom is 0.325 e. The molecule has 0 radical (unpaired) electrons. The first-order chi connectivity index (χ1) is 8.08. The van der Waals surface area contributed by atoms with Crippen LogP contribution in [0, 0.1) is 5.92 Å². The molecule has 1 aromatic rings. The van der Waals surface area contributed by atoms with E-state index < -0.39 is 17.9 Å². The van der Waals surface area contributed by atoms with Crippen molar-refractivity contribution in [3.63, 3.8) is 0 Å². The molecule has 0 saturated heterocycles. The van der Waals surface area contributed by atoms with Gasteiger partial charge >= 0.3 is 11.9 Å². The van der Waals surface area contributed by atoms with Gasteiger partial charge in [-0.3, -0.25) is 9.59 Å². The number of esters is 2. The summed E-state index contributed by atoms with van der Waals surface area (Å²) in [5.41, 5.74) is 0. The second kappa shape index (κ2) is 5.89. The van der Waals surface area contributed by atoms with Crippen molar-refractivity contribution in [3.05, 3.63) is 24.3 Å². The van der Waals surface area contributed by atoms with Gasteiger partial charge in [-0.1, -0.05) is 0 Å². The minimum absolute atomic E-state index is 0.353. The first-order valence-electron chi connectivity index (χ1n) is 5.02. The Bertz CT molecular complexity index is 396. The molecule has 0 aliphatic rings. The number of hydrogen-bond donors (Lipinski definition) is 0. The summed E-state index contributed by atoms with van der Waals surface area (Å²) in [7, 11) is 2.76. The molecule has 0 spiro atoms. The molecule has 0 heterocycles. The minimum atomic E-state index is -0.942. The van der Waals surface area contributed by atoms with Crippen LogP contribution in [0.3, 0.4) is 0 Å². The van der Waals surface area contributed by atoms with Crippen LogP contribution in [0.5, 0.6) is 11.5 Å². The van der Waals surface area contributed by atoms with Gasteiger partial charge in [-0.2, -0.15) is 0 Å². The summed E-state index contributed by atoms with van der Waals surface area (Å²) < 4.78 is 14.4. The van der Waals surface area contributed by atoms with Gasteiger partial charge in [-0.05, 0) is 31.2 Å². The first-order valence-corrected chi connectivity index (χ1v) is 5.02. The largest absolute Gasteiger partial charge is 0.497 e. The van der Waals surface area contributed by atoms with Gasteiger partial charge in [-0.15, -0.1) is 0 Å². The van der Waals surface area contributed by atoms with E-state index in [1.165, 1.54) is 14.0 Å². The highest BCUT2D eigenvalue weighted by atomic mass is 16.6. The fourth-order valence-corrected chi connectivity index (χ4v) is 1.12. The third kappa shape index (κ3) is 3.48. The maximum absolute atomic E-state index is 11.5. The molecular weight excluding hydrogens is 224 g/mol. The number of hydrogen-bond acceptors (Lipinski definition) is 5. The molecule has 17 heavy (non-hydrogen) atoms. The second-order valence-electron chi connectivity index (χ2n) is 3.34. The van der Waals surface area contributed by atoms with E-state index >= 15 is 0 Å². The van der Waals surface area contributed by atoms with E-state index in [1.54, 1.807) is 31.4 Å². The van der Waals surface area contributed by atoms with Crippen molar-refractivity contribution in [2.45, 2.75) is 6.92 Å². The van der Waals surface area contributed by atoms with E-state index in [4.69, 9.17) is 9.47 Å². The average molecular weight is 238 g/mol. The summed E-state index contributed by atoms with van der Waals surface area (Å²) in [5, 5.41) is 0. The topological polar surface area (TPSA) is 61.8 Å². The monoisotopic (exact) mass is 238 g/mol. The lowest BCUT2D eigenvalue weighted by atomic mass is 10.2. The molecule has 0 aliphatic carbocycles. The number of carbonyl (C=O) groups is 2. The predicted octanol–water partition coefficient (Wildman–Crippen LogP) is 1.41. The molecule has 92 valence electrons. The Kier molecular flexibility index (Phi) is 4.51. The van der Waals surface area contributed by atoms with Crippen molar-refractivity contribution < 1.29 is 23.8 Å². The van der Waals surface area contributed by atoms with Gasteiger partial charge in [-0.25, -0.2) is 0 Å². The fraction of sp³-hybridized carbons (Fsp3) is 0.333. The van der Waals surface area contributed by atoms with Crippen molar-refractivity contribution in [2.75, 3.05) is 14.2 Å². The molecule has 0 saturated carbocycles. The lowest BCUT2D eigenvalue weighted by molar-refractivity contribution is -0.154. The lowest BCUT2D eigenvalue weighted by Gasteiger charge is -2.09. The highest BCUT2D eigenvalue weighted by Gasteiger charge is 2.24. The Labute approximate surface area is 99.3 Å². The van der Waals surface area contributed by atoms with Crippen LogP contribution >= 0.6 is 0 Å². The number of ether oxygens (including phenoxy) is 3. The van der Waals surface area contributed by atoms with Crippen LogP contribution in [0.2, 0.25) is 0 Å². The quantitative estimate of drug-likeness (QED) is 0.451. The third-order valence-electron chi connectivity index (χ3n) is 2.19. The zero-order valence-electron chi connectivity index (χ0n) is 9.93. The van der Waals surface area contributed by atoms with E-state index in [1.807, 2.05) is 0 Å². The molecule has 0 amide bonds. The number of methoxy groups -OCH3 is 2. The van der Waals surface area contributed by atoms with Crippen molar-refractivity contribution in [2.24, 2.45) is 5.92 Å². The maximum atomic E-state index is 11.5. The molecule has 1 atom stereocenters. The predicted molar refractivity (Wildman–Crippen MR) is 59.8 cm³/mol. The summed E-state index contributed by atoms with van der Waals surface area (Å²) in [4.78, 5) is 22.6. The van der Waals surface area contributed by atoms with Crippen LogP contribution in [0.1, 0.15) is 6.92 Å². The van der Waals surface area contributed by atoms with Gasteiger partial charge in [0.05, 0.1) is 14.2 Å². The summed E-state index contributed by atoms with van der Waals surface area (Å²) in [6, 6.07) is 6.48. The summed E-state index contributed by atoms with van der Waals surface area (Å²) in [6.07, 6.45) is 0. The van der Waals surface area contributed by atoms with Crippen LogP contribution < -0.4 is 9.47 Å². The Morgan fingerprint density at radius 3 is 2.00 bits per heavy atom. The van der Waals surface area contributed by atoms with Crippen LogP contribution in [0.15, 0.2) is 24.3 Å². The van der Waals surface area contributed by atoms with Gasteiger partial charge in [0.15, 0.2) is 5.92 Å². The van der Waals surface area contributed by atoms with Crippen LogP contribution in [0.4, 0.5) is 0 Å². The molecule has 0 bridgehead atoms. The molecule has 0 aromatic heterocycles. The average Bonchev–Trinajstić information content (AvgIpc) is 2.37. The van der Waals surface area contributed by atoms with E-state index in [2.05, 4.69) is 4.74 Å². The molecule has 1 rings (SSSR count). The smallest absolute Gasteiger partial charge is 0.325 e. The van der Waals surface area contributed by atoms with Crippen molar-refractivity contribution in [1.82, 2.24) is 0 Å². The molecular formula is C12H14O5. The van der Waals surface area contributed by atoms with Crippen molar-refractivity contribution >= 4 is 11.9 Å². The normalized spacial score (nSPS) is 11.5. The molecule has 1 aromatic carbocycles. The van der Waals surface area contributed by atoms with E-state index in [9.17, 15) is 9.59 Å². The summed E-state index contributed by atoms with van der Waals surface area (Å²) in [6.45, 7) is 1.43. The summed E-state index contributed by atoms with van der Waals surface area (Å²) >= 11 is 0. The number of benzene rings is 1. The van der Waals surface area contributed by atoms with Crippen LogP contribution in [-0.4, -0.2) is 26.2 Å². The Balaban J connectivity index is 2.64. The highest BCUT2D eigenvalue weighted by molar-refractivity contribution is 5.95. The zero-order valence-corrected chi connectivity index (χ0v) is 9.93.